The normalized spacial score (nSPS) is 17.4. The highest BCUT2D eigenvalue weighted by Gasteiger charge is 2.31. The molecule has 1 amide bonds. The van der Waals surface area contributed by atoms with Gasteiger partial charge in [-0.15, -0.1) is 11.3 Å². The Morgan fingerprint density at radius 2 is 2.06 bits per heavy atom. The summed E-state index contributed by atoms with van der Waals surface area (Å²) in [6.07, 6.45) is 0.464. The van der Waals surface area contributed by atoms with Crippen LogP contribution < -0.4 is 9.47 Å². The van der Waals surface area contributed by atoms with E-state index in [0.717, 1.165) is 44.8 Å². The minimum atomic E-state index is 0.0808. The van der Waals surface area contributed by atoms with E-state index in [1.54, 1.807) is 18.4 Å². The number of hydrogen-bond acceptors (Lipinski definition) is 6. The molecule has 1 fully saturated rings. The molecule has 2 aliphatic rings. The largest absolute Gasteiger partial charge is 0.497 e. The SMILES string of the molecule is COc1ccc2c(c1)Oc1cc(C)ccc1N=C2N1CCN(C(=O)Cc2cccs2)[C@H](C)C1. The van der Waals surface area contributed by atoms with Crippen molar-refractivity contribution in [3.63, 3.8) is 0 Å². The number of amidine groups is 1. The number of ether oxygens (including phenoxy) is 2. The number of rotatable bonds is 3. The number of thiophene rings is 1. The van der Waals surface area contributed by atoms with Gasteiger partial charge in [-0.3, -0.25) is 4.79 Å². The molecule has 0 radical (unpaired) electrons. The number of amides is 1. The van der Waals surface area contributed by atoms with Crippen molar-refractivity contribution in [3.05, 3.63) is 69.9 Å². The fourth-order valence-corrected chi connectivity index (χ4v) is 5.11. The van der Waals surface area contributed by atoms with E-state index in [0.29, 0.717) is 26.1 Å². The van der Waals surface area contributed by atoms with Gasteiger partial charge in [0.15, 0.2) is 5.75 Å². The van der Waals surface area contributed by atoms with Crippen LogP contribution in [0.3, 0.4) is 0 Å². The summed E-state index contributed by atoms with van der Waals surface area (Å²) in [5.41, 5.74) is 2.84. The van der Waals surface area contributed by atoms with Crippen molar-refractivity contribution in [2.75, 3.05) is 26.7 Å². The predicted molar refractivity (Wildman–Crippen MR) is 131 cm³/mol. The molecule has 3 aromatic rings. The number of benzene rings is 2. The lowest BCUT2D eigenvalue weighted by Crippen LogP contribution is -2.55. The first-order chi connectivity index (χ1) is 16.0. The molecule has 0 unspecified atom stereocenters. The lowest BCUT2D eigenvalue weighted by atomic mass is 10.1. The topological polar surface area (TPSA) is 54.4 Å². The summed E-state index contributed by atoms with van der Waals surface area (Å²) in [4.78, 5) is 23.3. The number of hydrogen-bond donors (Lipinski definition) is 0. The van der Waals surface area contributed by atoms with E-state index in [2.05, 4.69) is 11.8 Å². The number of nitrogens with zero attached hydrogens (tertiary/aromatic N) is 3. The minimum Gasteiger partial charge on any atom is -0.497 e. The van der Waals surface area contributed by atoms with Gasteiger partial charge in [-0.1, -0.05) is 12.1 Å². The first-order valence-electron chi connectivity index (χ1n) is 11.1. The zero-order chi connectivity index (χ0) is 22.9. The Morgan fingerprint density at radius 3 is 2.82 bits per heavy atom. The van der Waals surface area contributed by atoms with Crippen molar-refractivity contribution in [1.82, 2.24) is 9.80 Å². The second-order valence-corrected chi connectivity index (χ2v) is 9.54. The average Bonchev–Trinajstić information content (AvgIpc) is 3.25. The fourth-order valence-electron chi connectivity index (χ4n) is 4.41. The van der Waals surface area contributed by atoms with Crippen LogP contribution in [0.2, 0.25) is 0 Å². The Morgan fingerprint density at radius 1 is 1.18 bits per heavy atom. The second-order valence-electron chi connectivity index (χ2n) is 8.51. The quantitative estimate of drug-likeness (QED) is 0.549. The van der Waals surface area contributed by atoms with Crippen LogP contribution in [0.5, 0.6) is 17.2 Å². The van der Waals surface area contributed by atoms with E-state index in [4.69, 9.17) is 14.5 Å². The number of piperazine rings is 1. The smallest absolute Gasteiger partial charge is 0.228 e. The van der Waals surface area contributed by atoms with Crippen LogP contribution in [0.1, 0.15) is 22.9 Å². The molecule has 5 rings (SSSR count). The van der Waals surface area contributed by atoms with Crippen LogP contribution >= 0.6 is 11.3 Å². The standard InChI is InChI=1S/C26H27N3O3S/c1-17-6-9-22-24(13-17)32-23-14-19(31-3)7-8-21(23)26(27-22)28-10-11-29(18(2)16-28)25(30)15-20-5-4-12-33-20/h4-9,12-14,18H,10-11,15-16H2,1-3H3/t18-/m1/s1. The Labute approximate surface area is 198 Å². The van der Waals surface area contributed by atoms with Gasteiger partial charge in [0, 0.05) is 36.6 Å². The monoisotopic (exact) mass is 461 g/mol. The van der Waals surface area contributed by atoms with E-state index >= 15 is 0 Å². The molecule has 0 N–H and O–H groups in total. The van der Waals surface area contributed by atoms with Gasteiger partial charge in [0.2, 0.25) is 5.91 Å². The van der Waals surface area contributed by atoms with Crippen molar-refractivity contribution in [2.24, 2.45) is 4.99 Å². The van der Waals surface area contributed by atoms with Gasteiger partial charge in [0.1, 0.15) is 23.0 Å². The van der Waals surface area contributed by atoms with Crippen molar-refractivity contribution in [1.29, 1.82) is 0 Å². The third-order valence-corrected chi connectivity index (χ3v) is 7.02. The zero-order valence-electron chi connectivity index (χ0n) is 19.1. The summed E-state index contributed by atoms with van der Waals surface area (Å²) >= 11 is 1.63. The molecular formula is C26H27N3O3S. The molecule has 2 aromatic carbocycles. The van der Waals surface area contributed by atoms with E-state index < -0.39 is 0 Å². The van der Waals surface area contributed by atoms with Crippen molar-refractivity contribution >= 4 is 28.8 Å². The predicted octanol–water partition coefficient (Wildman–Crippen LogP) is 5.02. The number of aryl methyl sites for hydroxylation is 1. The van der Waals surface area contributed by atoms with E-state index in [1.165, 1.54) is 0 Å². The van der Waals surface area contributed by atoms with Crippen LogP contribution in [0.4, 0.5) is 5.69 Å². The number of methoxy groups -OCH3 is 1. The number of carbonyl (C=O) groups excluding carboxylic acids is 1. The summed E-state index contributed by atoms with van der Waals surface area (Å²) in [5.74, 6) is 3.24. The molecule has 170 valence electrons. The maximum atomic E-state index is 12.9. The highest BCUT2D eigenvalue weighted by Crippen LogP contribution is 2.40. The summed E-state index contributed by atoms with van der Waals surface area (Å²) in [6, 6.07) is 16.0. The van der Waals surface area contributed by atoms with E-state index in [9.17, 15) is 4.79 Å². The first kappa shape index (κ1) is 21.5. The number of carbonyl (C=O) groups is 1. The lowest BCUT2D eigenvalue weighted by molar-refractivity contribution is -0.134. The Kier molecular flexibility index (Phi) is 5.81. The first-order valence-corrected chi connectivity index (χ1v) is 12.0. The zero-order valence-corrected chi connectivity index (χ0v) is 19.9. The third kappa shape index (κ3) is 4.33. The molecule has 0 saturated carbocycles. The summed E-state index contributed by atoms with van der Waals surface area (Å²) in [6.45, 7) is 6.24. The van der Waals surface area contributed by atoms with Gasteiger partial charge < -0.3 is 19.3 Å². The molecule has 1 saturated heterocycles. The minimum absolute atomic E-state index is 0.0808. The van der Waals surface area contributed by atoms with Crippen LogP contribution in [-0.2, 0) is 11.2 Å². The molecule has 2 aliphatic heterocycles. The van der Waals surface area contributed by atoms with Crippen molar-refractivity contribution in [2.45, 2.75) is 26.3 Å². The molecule has 33 heavy (non-hydrogen) atoms. The van der Waals surface area contributed by atoms with E-state index in [1.807, 2.05) is 65.7 Å². The molecule has 7 heteroatoms. The van der Waals surface area contributed by atoms with Gasteiger partial charge in [-0.25, -0.2) is 4.99 Å². The highest BCUT2D eigenvalue weighted by atomic mass is 32.1. The number of fused-ring (bicyclic) bond motifs is 2. The van der Waals surface area contributed by atoms with Gasteiger partial charge in [0.05, 0.1) is 19.1 Å². The van der Waals surface area contributed by atoms with Crippen LogP contribution in [0, 0.1) is 6.92 Å². The van der Waals surface area contributed by atoms with E-state index in [-0.39, 0.29) is 11.9 Å². The second kappa shape index (κ2) is 8.90. The molecule has 3 heterocycles. The van der Waals surface area contributed by atoms with Crippen molar-refractivity contribution in [3.8, 4) is 17.2 Å². The third-order valence-electron chi connectivity index (χ3n) is 6.14. The van der Waals surface area contributed by atoms with Crippen LogP contribution in [0.15, 0.2) is 58.9 Å². The molecule has 0 aliphatic carbocycles. The maximum absolute atomic E-state index is 12.9. The van der Waals surface area contributed by atoms with Gasteiger partial charge >= 0.3 is 0 Å². The van der Waals surface area contributed by atoms with Crippen LogP contribution in [0.25, 0.3) is 0 Å². The van der Waals surface area contributed by atoms with Gasteiger partial charge in [-0.2, -0.15) is 0 Å². The molecular weight excluding hydrogens is 434 g/mol. The summed E-state index contributed by atoms with van der Waals surface area (Å²) < 4.78 is 11.7. The lowest BCUT2D eigenvalue weighted by Gasteiger charge is -2.41. The van der Waals surface area contributed by atoms with Crippen LogP contribution in [-0.4, -0.2) is 54.3 Å². The Bertz CT molecular complexity index is 1210. The number of aliphatic imine (C=N–C) groups is 1. The molecule has 6 nitrogen and oxygen atoms in total. The van der Waals surface area contributed by atoms with Crippen molar-refractivity contribution < 1.29 is 14.3 Å². The highest BCUT2D eigenvalue weighted by molar-refractivity contribution is 7.10. The molecule has 0 spiro atoms. The Hall–Kier alpha value is -3.32. The molecule has 1 aromatic heterocycles. The Balaban J connectivity index is 1.44. The maximum Gasteiger partial charge on any atom is 0.228 e. The summed E-state index contributed by atoms with van der Waals surface area (Å²) in [5, 5.41) is 2.02. The van der Waals surface area contributed by atoms with Gasteiger partial charge in [-0.05, 0) is 55.1 Å². The molecule has 1 atom stereocenters. The molecule has 0 bridgehead atoms. The van der Waals surface area contributed by atoms with Gasteiger partial charge in [0.25, 0.3) is 0 Å². The summed E-state index contributed by atoms with van der Waals surface area (Å²) in [7, 11) is 1.65. The average molecular weight is 462 g/mol. The fraction of sp³-hybridized carbons (Fsp3) is 0.308.